The molecule has 2 aromatic carbocycles. The van der Waals surface area contributed by atoms with E-state index in [2.05, 4.69) is 4.72 Å². The first-order valence-electron chi connectivity index (χ1n) is 8.51. The standard InChI is InChI=1S/C19H23N3O3S/c1-21(15-8-4-3-5-9-15)19(23)14-22-13-7-10-16-17(20-26(2,24)25)11-6-12-18(16)22/h3-6,8-9,11-12,20H,7,10,13-14H2,1-2H3. The number of benzene rings is 2. The molecule has 1 amide bonds. The molecule has 0 radical (unpaired) electrons. The quantitative estimate of drug-likeness (QED) is 0.874. The second-order valence-electron chi connectivity index (χ2n) is 6.49. The molecule has 0 saturated heterocycles. The Bertz CT molecular complexity index is 898. The largest absolute Gasteiger partial charge is 0.362 e. The van der Waals surface area contributed by atoms with Crippen molar-refractivity contribution in [3.8, 4) is 0 Å². The number of amides is 1. The summed E-state index contributed by atoms with van der Waals surface area (Å²) in [5.41, 5.74) is 3.31. The number of anilines is 3. The first-order valence-corrected chi connectivity index (χ1v) is 10.4. The van der Waals surface area contributed by atoms with E-state index in [9.17, 15) is 13.2 Å². The van der Waals surface area contributed by atoms with E-state index in [-0.39, 0.29) is 12.5 Å². The molecule has 1 heterocycles. The van der Waals surface area contributed by atoms with Crippen LogP contribution in [0, 0.1) is 0 Å². The smallest absolute Gasteiger partial charge is 0.246 e. The Balaban J connectivity index is 1.82. The summed E-state index contributed by atoms with van der Waals surface area (Å²) in [6.45, 7) is 1.02. The van der Waals surface area contributed by atoms with E-state index in [1.165, 1.54) is 0 Å². The summed E-state index contributed by atoms with van der Waals surface area (Å²) in [5.74, 6) is -0.00877. The van der Waals surface area contributed by atoms with Gasteiger partial charge in [-0.25, -0.2) is 8.42 Å². The Morgan fingerprint density at radius 1 is 1.15 bits per heavy atom. The van der Waals surface area contributed by atoms with Crippen LogP contribution >= 0.6 is 0 Å². The number of hydrogen-bond donors (Lipinski definition) is 1. The summed E-state index contributed by atoms with van der Waals surface area (Å²) >= 11 is 0. The maximum Gasteiger partial charge on any atom is 0.246 e. The number of fused-ring (bicyclic) bond motifs is 1. The monoisotopic (exact) mass is 373 g/mol. The van der Waals surface area contributed by atoms with E-state index in [1.807, 2.05) is 47.4 Å². The summed E-state index contributed by atoms with van der Waals surface area (Å²) in [5, 5.41) is 0. The van der Waals surface area contributed by atoms with Crippen molar-refractivity contribution in [2.24, 2.45) is 0 Å². The van der Waals surface area contributed by atoms with Gasteiger partial charge >= 0.3 is 0 Å². The van der Waals surface area contributed by atoms with Crippen LogP contribution < -0.4 is 14.5 Å². The van der Waals surface area contributed by atoms with Gasteiger partial charge in [0, 0.05) is 25.0 Å². The lowest BCUT2D eigenvalue weighted by Gasteiger charge is -2.33. The van der Waals surface area contributed by atoms with Crippen LogP contribution in [0.3, 0.4) is 0 Å². The number of sulfonamides is 1. The molecular formula is C19H23N3O3S. The van der Waals surface area contributed by atoms with E-state index >= 15 is 0 Å². The Kier molecular flexibility index (Phi) is 5.18. The van der Waals surface area contributed by atoms with Crippen molar-refractivity contribution in [1.29, 1.82) is 0 Å². The van der Waals surface area contributed by atoms with Crippen molar-refractivity contribution >= 4 is 33.0 Å². The van der Waals surface area contributed by atoms with Gasteiger partial charge in [-0.1, -0.05) is 24.3 Å². The van der Waals surface area contributed by atoms with E-state index in [1.54, 1.807) is 18.0 Å². The zero-order valence-electron chi connectivity index (χ0n) is 15.0. The Morgan fingerprint density at radius 3 is 2.58 bits per heavy atom. The SMILES string of the molecule is CN(C(=O)CN1CCCc2c(NS(C)(=O)=O)cccc21)c1ccccc1. The van der Waals surface area contributed by atoms with Crippen LogP contribution in [0.15, 0.2) is 48.5 Å². The third-order valence-corrected chi connectivity index (χ3v) is 5.08. The van der Waals surface area contributed by atoms with Crippen molar-refractivity contribution in [2.45, 2.75) is 12.8 Å². The van der Waals surface area contributed by atoms with Gasteiger partial charge in [-0.3, -0.25) is 9.52 Å². The zero-order valence-corrected chi connectivity index (χ0v) is 15.8. The lowest BCUT2D eigenvalue weighted by molar-refractivity contribution is -0.117. The number of para-hydroxylation sites is 1. The first-order chi connectivity index (χ1) is 12.3. The molecule has 138 valence electrons. The molecule has 1 N–H and O–H groups in total. The van der Waals surface area contributed by atoms with E-state index in [4.69, 9.17) is 0 Å². The molecule has 0 bridgehead atoms. The van der Waals surface area contributed by atoms with Crippen molar-refractivity contribution in [3.05, 3.63) is 54.1 Å². The van der Waals surface area contributed by atoms with Crippen molar-refractivity contribution in [3.63, 3.8) is 0 Å². The summed E-state index contributed by atoms with van der Waals surface area (Å²) in [6, 6.07) is 15.0. The molecule has 26 heavy (non-hydrogen) atoms. The normalized spacial score (nSPS) is 13.8. The molecule has 0 spiro atoms. The maximum atomic E-state index is 12.7. The van der Waals surface area contributed by atoms with Crippen LogP contribution in [0.4, 0.5) is 17.1 Å². The molecule has 0 saturated carbocycles. The summed E-state index contributed by atoms with van der Waals surface area (Å²) < 4.78 is 25.8. The summed E-state index contributed by atoms with van der Waals surface area (Å²) in [4.78, 5) is 16.4. The van der Waals surface area contributed by atoms with Crippen LogP contribution in [0.2, 0.25) is 0 Å². The molecule has 0 fully saturated rings. The number of carbonyl (C=O) groups excluding carboxylic acids is 1. The maximum absolute atomic E-state index is 12.7. The topological polar surface area (TPSA) is 69.7 Å². The van der Waals surface area contributed by atoms with E-state index in [0.29, 0.717) is 5.69 Å². The predicted molar refractivity (Wildman–Crippen MR) is 105 cm³/mol. The van der Waals surface area contributed by atoms with Gasteiger partial charge in [0.2, 0.25) is 15.9 Å². The molecule has 2 aromatic rings. The number of nitrogens with one attached hydrogen (secondary N) is 1. The molecule has 0 aromatic heterocycles. The fourth-order valence-corrected chi connectivity index (χ4v) is 3.82. The Morgan fingerprint density at radius 2 is 1.88 bits per heavy atom. The van der Waals surface area contributed by atoms with Gasteiger partial charge in [0.1, 0.15) is 0 Å². The molecule has 6 nitrogen and oxygen atoms in total. The Labute approximate surface area is 154 Å². The number of rotatable bonds is 5. The van der Waals surface area contributed by atoms with E-state index in [0.717, 1.165) is 42.6 Å². The lowest BCUT2D eigenvalue weighted by Crippen LogP contribution is -2.41. The van der Waals surface area contributed by atoms with Crippen LogP contribution in [0.1, 0.15) is 12.0 Å². The number of nitrogens with zero attached hydrogens (tertiary/aromatic N) is 2. The highest BCUT2D eigenvalue weighted by molar-refractivity contribution is 7.92. The minimum absolute atomic E-state index is 0.00877. The number of carbonyl (C=O) groups is 1. The fraction of sp³-hybridized carbons (Fsp3) is 0.316. The number of likely N-dealkylation sites (N-methyl/N-ethyl adjacent to an activating group) is 1. The second-order valence-corrected chi connectivity index (χ2v) is 8.24. The van der Waals surface area contributed by atoms with Crippen LogP contribution in [0.5, 0.6) is 0 Å². The van der Waals surface area contributed by atoms with Crippen LogP contribution in [-0.2, 0) is 21.2 Å². The number of hydrogen-bond acceptors (Lipinski definition) is 4. The van der Waals surface area contributed by atoms with Crippen LogP contribution in [0.25, 0.3) is 0 Å². The molecule has 0 aliphatic carbocycles. The van der Waals surface area contributed by atoms with Gasteiger partial charge in [-0.05, 0) is 42.7 Å². The van der Waals surface area contributed by atoms with Gasteiger partial charge < -0.3 is 9.80 Å². The van der Waals surface area contributed by atoms with Crippen LogP contribution in [-0.4, -0.2) is 40.7 Å². The van der Waals surface area contributed by atoms with Gasteiger partial charge in [0.05, 0.1) is 18.5 Å². The molecular weight excluding hydrogens is 350 g/mol. The highest BCUT2D eigenvalue weighted by atomic mass is 32.2. The van der Waals surface area contributed by atoms with Crippen molar-refractivity contribution in [1.82, 2.24) is 0 Å². The first kappa shape index (κ1) is 18.3. The highest BCUT2D eigenvalue weighted by Gasteiger charge is 2.23. The molecule has 7 heteroatoms. The third kappa shape index (κ3) is 4.16. The van der Waals surface area contributed by atoms with Gasteiger partial charge in [-0.2, -0.15) is 0 Å². The fourth-order valence-electron chi connectivity index (χ4n) is 3.23. The molecule has 0 unspecified atom stereocenters. The molecule has 3 rings (SSSR count). The average Bonchev–Trinajstić information content (AvgIpc) is 2.61. The minimum Gasteiger partial charge on any atom is -0.362 e. The van der Waals surface area contributed by atoms with Gasteiger partial charge in [0.15, 0.2) is 0 Å². The minimum atomic E-state index is -3.34. The van der Waals surface area contributed by atoms with Gasteiger partial charge in [-0.15, -0.1) is 0 Å². The summed E-state index contributed by atoms with van der Waals surface area (Å²) in [7, 11) is -1.58. The van der Waals surface area contributed by atoms with E-state index < -0.39 is 10.0 Å². The summed E-state index contributed by atoms with van der Waals surface area (Å²) in [6.07, 6.45) is 2.80. The average molecular weight is 373 g/mol. The van der Waals surface area contributed by atoms with Crippen molar-refractivity contribution < 1.29 is 13.2 Å². The zero-order chi connectivity index (χ0) is 18.7. The lowest BCUT2D eigenvalue weighted by atomic mass is 10.00. The Hall–Kier alpha value is -2.54. The molecule has 0 atom stereocenters. The second kappa shape index (κ2) is 7.37. The van der Waals surface area contributed by atoms with Crippen molar-refractivity contribution in [2.75, 3.05) is 40.9 Å². The molecule has 1 aliphatic rings. The third-order valence-electron chi connectivity index (χ3n) is 4.49. The highest BCUT2D eigenvalue weighted by Crippen LogP contribution is 2.33. The molecule has 1 aliphatic heterocycles. The van der Waals surface area contributed by atoms with Gasteiger partial charge in [0.25, 0.3) is 0 Å². The predicted octanol–water partition coefficient (Wildman–Crippen LogP) is 2.47.